The minimum atomic E-state index is 0.309. The van der Waals surface area contributed by atoms with Gasteiger partial charge in [-0.2, -0.15) is 0 Å². The molecule has 1 saturated heterocycles. The Balaban J connectivity index is 1.91. The molecule has 2 atom stereocenters. The molecule has 0 aliphatic carbocycles. The minimum absolute atomic E-state index is 0.309. The SMILES string of the molecule is CC(N[C@@H](C)c1ccccc1Cl)C1CCN(C)CC1. The van der Waals surface area contributed by atoms with Gasteiger partial charge in [-0.1, -0.05) is 29.8 Å². The molecule has 1 aliphatic rings. The average Bonchev–Trinajstić information content (AvgIpc) is 2.39. The van der Waals surface area contributed by atoms with Crippen LogP contribution < -0.4 is 5.32 Å². The molecule has 1 unspecified atom stereocenters. The van der Waals surface area contributed by atoms with E-state index in [-0.39, 0.29) is 0 Å². The highest BCUT2D eigenvalue weighted by atomic mass is 35.5. The van der Waals surface area contributed by atoms with Gasteiger partial charge in [-0.3, -0.25) is 0 Å². The number of rotatable bonds is 4. The van der Waals surface area contributed by atoms with Crippen LogP contribution in [0.5, 0.6) is 0 Å². The molecular formula is C16H25ClN2. The van der Waals surface area contributed by atoms with Crippen molar-refractivity contribution in [1.29, 1.82) is 0 Å². The quantitative estimate of drug-likeness (QED) is 0.904. The second kappa shape index (κ2) is 6.74. The Morgan fingerprint density at radius 1 is 1.21 bits per heavy atom. The van der Waals surface area contributed by atoms with E-state index in [4.69, 9.17) is 11.6 Å². The second-order valence-electron chi connectivity index (χ2n) is 5.84. The summed E-state index contributed by atoms with van der Waals surface area (Å²) in [6.07, 6.45) is 2.58. The highest BCUT2D eigenvalue weighted by Crippen LogP contribution is 2.25. The van der Waals surface area contributed by atoms with Crippen LogP contribution in [0.3, 0.4) is 0 Å². The maximum atomic E-state index is 6.26. The van der Waals surface area contributed by atoms with Crippen LogP contribution in [0.4, 0.5) is 0 Å². The van der Waals surface area contributed by atoms with Crippen molar-refractivity contribution in [2.75, 3.05) is 20.1 Å². The van der Waals surface area contributed by atoms with Gasteiger partial charge in [-0.15, -0.1) is 0 Å². The van der Waals surface area contributed by atoms with Gasteiger partial charge in [0.25, 0.3) is 0 Å². The standard InChI is InChI=1S/C16H25ClN2/c1-12(14-8-10-19(3)11-9-14)18-13(2)15-6-4-5-7-16(15)17/h4-7,12-14,18H,8-11H2,1-3H3/t12?,13-/m0/s1. The zero-order valence-corrected chi connectivity index (χ0v) is 13.0. The van der Waals surface area contributed by atoms with Gasteiger partial charge in [-0.05, 0) is 64.4 Å². The number of likely N-dealkylation sites (tertiary alicyclic amines) is 1. The molecule has 1 aromatic rings. The van der Waals surface area contributed by atoms with Crippen LogP contribution in [0.25, 0.3) is 0 Å². The van der Waals surface area contributed by atoms with E-state index in [0.29, 0.717) is 12.1 Å². The maximum absolute atomic E-state index is 6.26. The largest absolute Gasteiger partial charge is 0.307 e. The van der Waals surface area contributed by atoms with Crippen molar-refractivity contribution in [2.24, 2.45) is 5.92 Å². The predicted octanol–water partition coefficient (Wildman–Crippen LogP) is 3.72. The van der Waals surface area contributed by atoms with Gasteiger partial charge < -0.3 is 10.2 Å². The van der Waals surface area contributed by atoms with Gasteiger partial charge in [0.2, 0.25) is 0 Å². The normalized spacial score (nSPS) is 21.3. The highest BCUT2D eigenvalue weighted by molar-refractivity contribution is 6.31. The predicted molar refractivity (Wildman–Crippen MR) is 82.7 cm³/mol. The van der Waals surface area contributed by atoms with E-state index in [1.165, 1.54) is 31.5 Å². The monoisotopic (exact) mass is 280 g/mol. The van der Waals surface area contributed by atoms with E-state index in [0.717, 1.165) is 10.9 Å². The number of hydrogen-bond donors (Lipinski definition) is 1. The molecule has 1 aliphatic heterocycles. The molecule has 0 bridgehead atoms. The molecule has 2 nitrogen and oxygen atoms in total. The van der Waals surface area contributed by atoms with Crippen molar-refractivity contribution < 1.29 is 0 Å². The Hall–Kier alpha value is -0.570. The lowest BCUT2D eigenvalue weighted by Gasteiger charge is -2.34. The van der Waals surface area contributed by atoms with Gasteiger partial charge in [0.1, 0.15) is 0 Å². The van der Waals surface area contributed by atoms with E-state index in [1.807, 2.05) is 12.1 Å². The second-order valence-corrected chi connectivity index (χ2v) is 6.25. The molecule has 3 heteroatoms. The molecular weight excluding hydrogens is 256 g/mol. The van der Waals surface area contributed by atoms with E-state index in [9.17, 15) is 0 Å². The van der Waals surface area contributed by atoms with Crippen LogP contribution in [0.15, 0.2) is 24.3 Å². The summed E-state index contributed by atoms with van der Waals surface area (Å²) in [6, 6.07) is 8.97. The average molecular weight is 281 g/mol. The molecule has 0 radical (unpaired) electrons. The van der Waals surface area contributed by atoms with Crippen molar-refractivity contribution in [2.45, 2.75) is 38.8 Å². The Morgan fingerprint density at radius 2 is 1.84 bits per heavy atom. The fraction of sp³-hybridized carbons (Fsp3) is 0.625. The number of nitrogens with zero attached hydrogens (tertiary/aromatic N) is 1. The van der Waals surface area contributed by atoms with E-state index in [2.05, 4.69) is 43.2 Å². The summed E-state index contributed by atoms with van der Waals surface area (Å²) in [4.78, 5) is 2.42. The summed E-state index contributed by atoms with van der Waals surface area (Å²) >= 11 is 6.26. The van der Waals surface area contributed by atoms with Crippen molar-refractivity contribution in [1.82, 2.24) is 10.2 Å². The Bertz CT molecular complexity index is 399. The molecule has 19 heavy (non-hydrogen) atoms. The van der Waals surface area contributed by atoms with E-state index < -0.39 is 0 Å². The van der Waals surface area contributed by atoms with Crippen molar-refractivity contribution in [3.8, 4) is 0 Å². The number of hydrogen-bond acceptors (Lipinski definition) is 2. The van der Waals surface area contributed by atoms with Crippen LogP contribution in [0, 0.1) is 5.92 Å². The number of halogens is 1. The zero-order chi connectivity index (χ0) is 13.8. The van der Waals surface area contributed by atoms with Crippen molar-refractivity contribution >= 4 is 11.6 Å². The molecule has 1 fully saturated rings. The first kappa shape index (κ1) is 14.8. The van der Waals surface area contributed by atoms with Gasteiger partial charge in [0.05, 0.1) is 0 Å². The molecule has 1 heterocycles. The van der Waals surface area contributed by atoms with E-state index in [1.54, 1.807) is 0 Å². The number of piperidine rings is 1. The molecule has 106 valence electrons. The van der Waals surface area contributed by atoms with Crippen LogP contribution in [0.2, 0.25) is 5.02 Å². The molecule has 2 rings (SSSR count). The first-order valence-electron chi connectivity index (χ1n) is 7.27. The summed E-state index contributed by atoms with van der Waals surface area (Å²) in [5, 5.41) is 4.58. The molecule has 0 spiro atoms. The lowest BCUT2D eigenvalue weighted by Crippen LogP contribution is -2.41. The first-order valence-corrected chi connectivity index (χ1v) is 7.64. The lowest BCUT2D eigenvalue weighted by atomic mass is 9.90. The van der Waals surface area contributed by atoms with Crippen LogP contribution in [-0.2, 0) is 0 Å². The van der Waals surface area contributed by atoms with Gasteiger partial charge in [-0.25, -0.2) is 0 Å². The van der Waals surface area contributed by atoms with Gasteiger partial charge in [0, 0.05) is 17.1 Å². The third-order valence-electron chi connectivity index (χ3n) is 4.35. The number of benzene rings is 1. The molecule has 1 aromatic carbocycles. The Kier molecular flexibility index (Phi) is 5.26. The molecule has 0 amide bonds. The Labute approximate surface area is 122 Å². The molecule has 1 N–H and O–H groups in total. The van der Waals surface area contributed by atoms with E-state index >= 15 is 0 Å². The smallest absolute Gasteiger partial charge is 0.0453 e. The number of nitrogens with one attached hydrogen (secondary N) is 1. The Morgan fingerprint density at radius 3 is 2.47 bits per heavy atom. The van der Waals surface area contributed by atoms with Gasteiger partial charge in [0.15, 0.2) is 0 Å². The van der Waals surface area contributed by atoms with Crippen LogP contribution in [0.1, 0.15) is 38.3 Å². The lowest BCUT2D eigenvalue weighted by molar-refractivity contribution is 0.185. The summed E-state index contributed by atoms with van der Waals surface area (Å²) in [7, 11) is 2.21. The third kappa shape index (κ3) is 3.95. The summed E-state index contributed by atoms with van der Waals surface area (Å²) < 4.78 is 0. The minimum Gasteiger partial charge on any atom is -0.307 e. The van der Waals surface area contributed by atoms with Crippen LogP contribution >= 0.6 is 11.6 Å². The first-order chi connectivity index (χ1) is 9.08. The van der Waals surface area contributed by atoms with Crippen molar-refractivity contribution in [3.05, 3.63) is 34.9 Å². The third-order valence-corrected chi connectivity index (χ3v) is 4.70. The van der Waals surface area contributed by atoms with Gasteiger partial charge >= 0.3 is 0 Å². The maximum Gasteiger partial charge on any atom is 0.0453 e. The molecule has 0 saturated carbocycles. The zero-order valence-electron chi connectivity index (χ0n) is 12.2. The fourth-order valence-electron chi connectivity index (χ4n) is 2.98. The molecule has 0 aromatic heterocycles. The summed E-state index contributed by atoms with van der Waals surface area (Å²) in [6.45, 7) is 6.95. The highest BCUT2D eigenvalue weighted by Gasteiger charge is 2.23. The topological polar surface area (TPSA) is 15.3 Å². The summed E-state index contributed by atoms with van der Waals surface area (Å²) in [5.41, 5.74) is 1.20. The van der Waals surface area contributed by atoms with Crippen LogP contribution in [-0.4, -0.2) is 31.1 Å². The summed E-state index contributed by atoms with van der Waals surface area (Å²) in [5.74, 6) is 0.779. The van der Waals surface area contributed by atoms with Crippen molar-refractivity contribution in [3.63, 3.8) is 0 Å². The fourth-order valence-corrected chi connectivity index (χ4v) is 3.27.